The highest BCUT2D eigenvalue weighted by Gasteiger charge is 2.27. The minimum Gasteiger partial charge on any atom is -0.296 e. The molecule has 18 heavy (non-hydrogen) atoms. The third kappa shape index (κ3) is 1.88. The van der Waals surface area contributed by atoms with Crippen LogP contribution < -0.4 is 5.56 Å². The Hall–Kier alpha value is -1.16. The van der Waals surface area contributed by atoms with Gasteiger partial charge in [-0.3, -0.25) is 9.36 Å². The van der Waals surface area contributed by atoms with Gasteiger partial charge < -0.3 is 0 Å². The van der Waals surface area contributed by atoms with Crippen LogP contribution >= 0.6 is 15.9 Å². The first-order chi connectivity index (χ1) is 8.46. The van der Waals surface area contributed by atoms with Crippen LogP contribution in [0.3, 0.4) is 0 Å². The van der Waals surface area contributed by atoms with Gasteiger partial charge in [-0.1, -0.05) is 29.8 Å². The summed E-state index contributed by atoms with van der Waals surface area (Å²) in [7, 11) is 0. The van der Waals surface area contributed by atoms with E-state index < -0.39 is 0 Å². The van der Waals surface area contributed by atoms with Crippen LogP contribution in [0, 0.1) is 5.41 Å². The van der Waals surface area contributed by atoms with Crippen LogP contribution in [-0.2, 0) is 13.0 Å². The van der Waals surface area contributed by atoms with E-state index in [2.05, 4.69) is 34.8 Å². The first-order valence-electron chi connectivity index (χ1n) is 6.15. The average molecular weight is 307 g/mol. The Morgan fingerprint density at radius 1 is 1.39 bits per heavy atom. The van der Waals surface area contributed by atoms with E-state index in [9.17, 15) is 4.79 Å². The summed E-state index contributed by atoms with van der Waals surface area (Å²) < 4.78 is 2.79. The molecule has 0 unspecified atom stereocenters. The molecule has 3 nitrogen and oxygen atoms in total. The molecule has 1 aromatic heterocycles. The third-order valence-corrected chi connectivity index (χ3v) is 4.14. The molecule has 0 saturated heterocycles. The summed E-state index contributed by atoms with van der Waals surface area (Å²) in [6, 6.07) is 5.66. The molecule has 0 spiro atoms. The SMILES string of the molecule is CC1(C)CCn2c(nc3cc(Br)ccc3c2=O)C1. The highest BCUT2D eigenvalue weighted by molar-refractivity contribution is 9.10. The van der Waals surface area contributed by atoms with E-state index in [1.807, 2.05) is 22.8 Å². The van der Waals surface area contributed by atoms with Crippen molar-refractivity contribution < 1.29 is 0 Å². The fourth-order valence-electron chi connectivity index (χ4n) is 2.54. The third-order valence-electron chi connectivity index (χ3n) is 3.65. The lowest BCUT2D eigenvalue weighted by Gasteiger charge is -2.31. The maximum absolute atomic E-state index is 12.4. The summed E-state index contributed by atoms with van der Waals surface area (Å²) in [6.07, 6.45) is 1.90. The summed E-state index contributed by atoms with van der Waals surface area (Å²) in [5, 5.41) is 0.710. The van der Waals surface area contributed by atoms with Gasteiger partial charge in [-0.05, 0) is 30.0 Å². The Morgan fingerprint density at radius 2 is 2.17 bits per heavy atom. The van der Waals surface area contributed by atoms with Crippen molar-refractivity contribution in [3.63, 3.8) is 0 Å². The fourth-order valence-corrected chi connectivity index (χ4v) is 2.89. The second-order valence-electron chi connectivity index (χ2n) is 5.74. The van der Waals surface area contributed by atoms with Crippen LogP contribution in [0.1, 0.15) is 26.1 Å². The topological polar surface area (TPSA) is 34.9 Å². The van der Waals surface area contributed by atoms with E-state index in [-0.39, 0.29) is 11.0 Å². The second kappa shape index (κ2) is 3.92. The lowest BCUT2D eigenvalue weighted by molar-refractivity contribution is 0.261. The molecule has 0 bridgehead atoms. The van der Waals surface area contributed by atoms with Gasteiger partial charge in [-0.15, -0.1) is 0 Å². The van der Waals surface area contributed by atoms with Crippen molar-refractivity contribution in [3.05, 3.63) is 38.9 Å². The zero-order valence-electron chi connectivity index (χ0n) is 10.5. The van der Waals surface area contributed by atoms with E-state index in [0.717, 1.165) is 35.2 Å². The van der Waals surface area contributed by atoms with E-state index in [0.29, 0.717) is 5.39 Å². The summed E-state index contributed by atoms with van der Waals surface area (Å²) >= 11 is 3.43. The van der Waals surface area contributed by atoms with Crippen molar-refractivity contribution in [1.82, 2.24) is 9.55 Å². The molecule has 3 rings (SSSR count). The molecule has 2 heterocycles. The van der Waals surface area contributed by atoms with Crippen LogP contribution in [0.15, 0.2) is 27.5 Å². The highest BCUT2D eigenvalue weighted by atomic mass is 79.9. The van der Waals surface area contributed by atoms with Crippen LogP contribution in [0.25, 0.3) is 10.9 Å². The zero-order valence-corrected chi connectivity index (χ0v) is 12.1. The van der Waals surface area contributed by atoms with Crippen molar-refractivity contribution in [2.24, 2.45) is 5.41 Å². The molecule has 0 amide bonds. The Kier molecular flexibility index (Phi) is 2.59. The monoisotopic (exact) mass is 306 g/mol. The van der Waals surface area contributed by atoms with Crippen molar-refractivity contribution in [3.8, 4) is 0 Å². The number of halogens is 1. The van der Waals surface area contributed by atoms with E-state index >= 15 is 0 Å². The highest BCUT2D eigenvalue weighted by Crippen LogP contribution is 2.30. The molecule has 1 aliphatic heterocycles. The number of aromatic nitrogens is 2. The van der Waals surface area contributed by atoms with E-state index in [4.69, 9.17) is 0 Å². The lowest BCUT2D eigenvalue weighted by atomic mass is 9.83. The second-order valence-corrected chi connectivity index (χ2v) is 6.65. The molecular weight excluding hydrogens is 292 g/mol. The van der Waals surface area contributed by atoms with Gasteiger partial charge in [0.15, 0.2) is 0 Å². The maximum Gasteiger partial charge on any atom is 0.261 e. The van der Waals surface area contributed by atoms with Gasteiger partial charge in [0.1, 0.15) is 5.82 Å². The summed E-state index contributed by atoms with van der Waals surface area (Å²) in [5.74, 6) is 0.918. The largest absolute Gasteiger partial charge is 0.296 e. The minimum atomic E-state index is 0.0954. The molecule has 1 aliphatic rings. The predicted molar refractivity (Wildman–Crippen MR) is 75.8 cm³/mol. The molecular formula is C14H15BrN2O. The van der Waals surface area contributed by atoms with Gasteiger partial charge in [0, 0.05) is 17.4 Å². The van der Waals surface area contributed by atoms with Gasteiger partial charge in [-0.2, -0.15) is 0 Å². The standard InChI is InChI=1S/C14H15BrN2O/c1-14(2)5-6-17-12(8-14)16-11-7-9(15)3-4-10(11)13(17)18/h3-4,7H,5-6,8H2,1-2H3. The van der Waals surface area contributed by atoms with Crippen LogP contribution in [-0.4, -0.2) is 9.55 Å². The van der Waals surface area contributed by atoms with Crippen LogP contribution in [0.2, 0.25) is 0 Å². The maximum atomic E-state index is 12.4. The number of benzene rings is 1. The molecule has 2 aromatic rings. The van der Waals surface area contributed by atoms with E-state index in [1.54, 1.807) is 0 Å². The summed E-state index contributed by atoms with van der Waals surface area (Å²) in [4.78, 5) is 17.1. The Labute approximate surface area is 114 Å². The lowest BCUT2D eigenvalue weighted by Crippen LogP contribution is -2.35. The average Bonchev–Trinajstić information content (AvgIpc) is 2.27. The summed E-state index contributed by atoms with van der Waals surface area (Å²) in [6.45, 7) is 5.24. The number of hydrogen-bond donors (Lipinski definition) is 0. The molecule has 0 fully saturated rings. The van der Waals surface area contributed by atoms with E-state index in [1.165, 1.54) is 0 Å². The molecule has 4 heteroatoms. The normalized spacial score (nSPS) is 17.7. The minimum absolute atomic E-state index is 0.0954. The number of hydrogen-bond acceptors (Lipinski definition) is 2. The first kappa shape index (κ1) is 11.9. The number of nitrogens with zero attached hydrogens (tertiary/aromatic N) is 2. The Bertz CT molecular complexity index is 688. The number of rotatable bonds is 0. The predicted octanol–water partition coefficient (Wildman–Crippen LogP) is 3.13. The quantitative estimate of drug-likeness (QED) is 0.749. The van der Waals surface area contributed by atoms with Crippen molar-refractivity contribution in [1.29, 1.82) is 0 Å². The number of fused-ring (bicyclic) bond motifs is 2. The molecule has 1 aromatic carbocycles. The van der Waals surface area contributed by atoms with Gasteiger partial charge in [0.25, 0.3) is 5.56 Å². The van der Waals surface area contributed by atoms with Crippen LogP contribution in [0.4, 0.5) is 0 Å². The van der Waals surface area contributed by atoms with Crippen molar-refractivity contribution >= 4 is 26.8 Å². The van der Waals surface area contributed by atoms with Gasteiger partial charge in [0.2, 0.25) is 0 Å². The van der Waals surface area contributed by atoms with Gasteiger partial charge in [0.05, 0.1) is 10.9 Å². The Morgan fingerprint density at radius 3 is 2.94 bits per heavy atom. The van der Waals surface area contributed by atoms with Gasteiger partial charge >= 0.3 is 0 Å². The van der Waals surface area contributed by atoms with Crippen molar-refractivity contribution in [2.45, 2.75) is 33.2 Å². The smallest absolute Gasteiger partial charge is 0.261 e. The molecule has 0 saturated carbocycles. The molecule has 0 N–H and O–H groups in total. The Balaban J connectivity index is 2.29. The van der Waals surface area contributed by atoms with Crippen LogP contribution in [0.5, 0.6) is 0 Å². The summed E-state index contributed by atoms with van der Waals surface area (Å²) in [5.41, 5.74) is 1.12. The fraction of sp³-hybridized carbons (Fsp3) is 0.429. The van der Waals surface area contributed by atoms with Crippen molar-refractivity contribution in [2.75, 3.05) is 0 Å². The molecule has 0 aliphatic carbocycles. The van der Waals surface area contributed by atoms with Gasteiger partial charge in [-0.25, -0.2) is 4.98 Å². The molecule has 0 atom stereocenters. The zero-order chi connectivity index (χ0) is 12.9. The molecule has 0 radical (unpaired) electrons. The first-order valence-corrected chi connectivity index (χ1v) is 6.95. The molecule has 94 valence electrons.